The van der Waals surface area contributed by atoms with Gasteiger partial charge in [0.05, 0.1) is 13.2 Å². The van der Waals surface area contributed by atoms with Crippen LogP contribution in [0.1, 0.15) is 12.8 Å². The van der Waals surface area contributed by atoms with E-state index >= 15 is 0 Å². The second kappa shape index (κ2) is 7.62. The van der Waals surface area contributed by atoms with Crippen LogP contribution in [0.2, 0.25) is 0 Å². The van der Waals surface area contributed by atoms with E-state index in [0.717, 1.165) is 13.1 Å². The molecule has 0 spiro atoms. The van der Waals surface area contributed by atoms with E-state index in [1.165, 1.54) is 12.8 Å². The minimum Gasteiger partial charge on any atom is -0.383 e. The van der Waals surface area contributed by atoms with Gasteiger partial charge in [-0.3, -0.25) is 4.79 Å². The molecule has 1 saturated heterocycles. The van der Waals surface area contributed by atoms with Gasteiger partial charge in [0, 0.05) is 26.2 Å². The van der Waals surface area contributed by atoms with Gasteiger partial charge in [0.25, 0.3) is 0 Å². The lowest BCUT2D eigenvalue weighted by molar-refractivity contribution is -0.120. The summed E-state index contributed by atoms with van der Waals surface area (Å²) < 4.78 is 4.83. The Morgan fingerprint density at radius 2 is 2.47 bits per heavy atom. The molecule has 1 aliphatic heterocycles. The fraction of sp³-hybridized carbons (Fsp3) is 0.900. The van der Waals surface area contributed by atoms with Crippen molar-refractivity contribution in [1.29, 1.82) is 0 Å². The van der Waals surface area contributed by atoms with Crippen LogP contribution in [0.4, 0.5) is 0 Å². The zero-order valence-corrected chi connectivity index (χ0v) is 9.34. The molecule has 0 aromatic heterocycles. The number of carbonyl (C=O) groups excluding carboxylic acids is 1. The Morgan fingerprint density at radius 1 is 1.60 bits per heavy atom. The number of ether oxygens (including phenoxy) is 1. The third kappa shape index (κ3) is 5.71. The standard InChI is InChI=1S/C10H21N3O2/c1-15-6-5-13-10(14)8-11-7-9-3-2-4-12-9/h9,11-12H,2-8H2,1H3,(H,13,14). The lowest BCUT2D eigenvalue weighted by Gasteiger charge is -2.11. The second-order valence-electron chi connectivity index (χ2n) is 3.77. The van der Waals surface area contributed by atoms with Gasteiger partial charge in [-0.25, -0.2) is 0 Å². The number of rotatable bonds is 7. The monoisotopic (exact) mass is 215 g/mol. The minimum absolute atomic E-state index is 0.0325. The number of carbonyl (C=O) groups is 1. The van der Waals surface area contributed by atoms with Crippen LogP contribution in [0.5, 0.6) is 0 Å². The van der Waals surface area contributed by atoms with Crippen molar-refractivity contribution in [2.24, 2.45) is 0 Å². The fourth-order valence-corrected chi connectivity index (χ4v) is 1.65. The van der Waals surface area contributed by atoms with Gasteiger partial charge in [-0.1, -0.05) is 0 Å². The van der Waals surface area contributed by atoms with Crippen LogP contribution in [-0.4, -0.2) is 51.8 Å². The molecule has 1 rings (SSSR count). The summed E-state index contributed by atoms with van der Waals surface area (Å²) in [5.41, 5.74) is 0. The van der Waals surface area contributed by atoms with Gasteiger partial charge in [-0.2, -0.15) is 0 Å². The number of amides is 1. The zero-order valence-electron chi connectivity index (χ0n) is 9.34. The Hall–Kier alpha value is -0.650. The molecule has 5 nitrogen and oxygen atoms in total. The van der Waals surface area contributed by atoms with E-state index < -0.39 is 0 Å². The van der Waals surface area contributed by atoms with Crippen molar-refractivity contribution in [3.63, 3.8) is 0 Å². The van der Waals surface area contributed by atoms with Crippen LogP contribution in [0.3, 0.4) is 0 Å². The molecule has 0 aromatic carbocycles. The highest BCUT2D eigenvalue weighted by molar-refractivity contribution is 5.77. The largest absolute Gasteiger partial charge is 0.383 e. The fourth-order valence-electron chi connectivity index (χ4n) is 1.65. The lowest BCUT2D eigenvalue weighted by Crippen LogP contribution is -2.40. The summed E-state index contributed by atoms with van der Waals surface area (Å²) in [6, 6.07) is 0.539. The van der Waals surface area contributed by atoms with Gasteiger partial charge < -0.3 is 20.7 Å². The van der Waals surface area contributed by atoms with E-state index in [1.807, 2.05) is 0 Å². The molecule has 1 amide bonds. The summed E-state index contributed by atoms with van der Waals surface area (Å²) in [4.78, 5) is 11.2. The van der Waals surface area contributed by atoms with E-state index in [0.29, 0.717) is 25.7 Å². The quantitative estimate of drug-likeness (QED) is 0.481. The van der Waals surface area contributed by atoms with Gasteiger partial charge >= 0.3 is 0 Å². The summed E-state index contributed by atoms with van der Waals surface area (Å²) in [5, 5.41) is 9.27. The molecule has 0 bridgehead atoms. The molecule has 1 atom stereocenters. The predicted octanol–water partition coefficient (Wildman–Crippen LogP) is -0.909. The van der Waals surface area contributed by atoms with Gasteiger partial charge in [0.2, 0.25) is 5.91 Å². The van der Waals surface area contributed by atoms with Crippen LogP contribution in [0, 0.1) is 0 Å². The van der Waals surface area contributed by atoms with Gasteiger partial charge in [-0.05, 0) is 19.4 Å². The Kier molecular flexibility index (Phi) is 6.31. The maximum absolute atomic E-state index is 11.2. The van der Waals surface area contributed by atoms with Crippen molar-refractivity contribution in [3.05, 3.63) is 0 Å². The molecule has 1 fully saturated rings. The number of hydrogen-bond acceptors (Lipinski definition) is 4. The topological polar surface area (TPSA) is 62.4 Å². The Bertz CT molecular complexity index is 182. The van der Waals surface area contributed by atoms with Crippen molar-refractivity contribution < 1.29 is 9.53 Å². The maximum atomic E-state index is 11.2. The molecule has 0 radical (unpaired) electrons. The van der Waals surface area contributed by atoms with E-state index in [2.05, 4.69) is 16.0 Å². The van der Waals surface area contributed by atoms with Crippen molar-refractivity contribution in [2.75, 3.05) is 39.9 Å². The molecule has 0 saturated carbocycles. The Balaban J connectivity index is 1.91. The number of methoxy groups -OCH3 is 1. The van der Waals surface area contributed by atoms with Crippen LogP contribution >= 0.6 is 0 Å². The van der Waals surface area contributed by atoms with E-state index in [-0.39, 0.29) is 5.91 Å². The highest BCUT2D eigenvalue weighted by Crippen LogP contribution is 2.02. The molecule has 88 valence electrons. The first kappa shape index (κ1) is 12.4. The van der Waals surface area contributed by atoms with Crippen LogP contribution < -0.4 is 16.0 Å². The smallest absolute Gasteiger partial charge is 0.234 e. The van der Waals surface area contributed by atoms with Crippen molar-refractivity contribution in [3.8, 4) is 0 Å². The summed E-state index contributed by atoms with van der Waals surface area (Å²) >= 11 is 0. The average molecular weight is 215 g/mol. The zero-order chi connectivity index (χ0) is 10.9. The van der Waals surface area contributed by atoms with E-state index in [4.69, 9.17) is 4.74 Å². The first-order valence-electron chi connectivity index (χ1n) is 5.52. The Morgan fingerprint density at radius 3 is 3.13 bits per heavy atom. The third-order valence-corrected chi connectivity index (χ3v) is 2.47. The van der Waals surface area contributed by atoms with Crippen molar-refractivity contribution in [2.45, 2.75) is 18.9 Å². The second-order valence-corrected chi connectivity index (χ2v) is 3.77. The normalized spacial score (nSPS) is 20.5. The van der Waals surface area contributed by atoms with Crippen LogP contribution in [0.15, 0.2) is 0 Å². The average Bonchev–Trinajstić information content (AvgIpc) is 2.71. The molecule has 15 heavy (non-hydrogen) atoms. The number of hydrogen-bond donors (Lipinski definition) is 3. The first-order valence-corrected chi connectivity index (χ1v) is 5.52. The van der Waals surface area contributed by atoms with Gasteiger partial charge in [0.15, 0.2) is 0 Å². The minimum atomic E-state index is 0.0325. The summed E-state index contributed by atoms with van der Waals surface area (Å²) in [5.74, 6) is 0.0325. The summed E-state index contributed by atoms with van der Waals surface area (Å²) in [6.07, 6.45) is 2.45. The highest BCUT2D eigenvalue weighted by atomic mass is 16.5. The molecule has 0 aliphatic carbocycles. The molecule has 0 aromatic rings. The predicted molar refractivity (Wildman–Crippen MR) is 58.8 cm³/mol. The molecule has 1 unspecified atom stereocenters. The van der Waals surface area contributed by atoms with Gasteiger partial charge in [-0.15, -0.1) is 0 Å². The number of nitrogens with one attached hydrogen (secondary N) is 3. The maximum Gasteiger partial charge on any atom is 0.234 e. The highest BCUT2D eigenvalue weighted by Gasteiger charge is 2.13. The first-order chi connectivity index (χ1) is 7.33. The summed E-state index contributed by atoms with van der Waals surface area (Å²) in [7, 11) is 1.62. The Labute approximate surface area is 90.9 Å². The lowest BCUT2D eigenvalue weighted by atomic mass is 10.2. The molecule has 1 heterocycles. The van der Waals surface area contributed by atoms with Crippen LogP contribution in [0.25, 0.3) is 0 Å². The molecule has 1 aliphatic rings. The molecular weight excluding hydrogens is 194 g/mol. The summed E-state index contributed by atoms with van der Waals surface area (Å²) in [6.45, 7) is 3.51. The molecular formula is C10H21N3O2. The van der Waals surface area contributed by atoms with Gasteiger partial charge in [0.1, 0.15) is 0 Å². The van der Waals surface area contributed by atoms with Crippen molar-refractivity contribution in [1.82, 2.24) is 16.0 Å². The van der Waals surface area contributed by atoms with Crippen LogP contribution in [-0.2, 0) is 9.53 Å². The molecule has 3 N–H and O–H groups in total. The SMILES string of the molecule is COCCNC(=O)CNCC1CCCN1. The third-order valence-electron chi connectivity index (χ3n) is 2.47. The molecule has 5 heteroatoms. The van der Waals surface area contributed by atoms with Crippen molar-refractivity contribution >= 4 is 5.91 Å². The van der Waals surface area contributed by atoms with E-state index in [1.54, 1.807) is 7.11 Å². The van der Waals surface area contributed by atoms with E-state index in [9.17, 15) is 4.79 Å².